The molecule has 0 saturated heterocycles. The van der Waals surface area contributed by atoms with Crippen LogP contribution in [0, 0.1) is 0 Å². The molecule has 0 fully saturated rings. The van der Waals surface area contributed by atoms with Crippen LogP contribution in [-0.2, 0) is 4.79 Å². The predicted molar refractivity (Wildman–Crippen MR) is 85.4 cm³/mol. The summed E-state index contributed by atoms with van der Waals surface area (Å²) in [5.74, 6) is 1.31. The summed E-state index contributed by atoms with van der Waals surface area (Å²) < 4.78 is 7.66. The highest BCUT2D eigenvalue weighted by Gasteiger charge is 2.26. The Hall–Kier alpha value is -1.33. The van der Waals surface area contributed by atoms with Crippen LogP contribution in [0.4, 0.5) is 5.69 Å². The summed E-state index contributed by atoms with van der Waals surface area (Å²) in [5.41, 5.74) is 1.83. The molecular formula is C15H11Br2NO2. The Morgan fingerprint density at radius 1 is 1.15 bits per heavy atom. The molecule has 3 nitrogen and oxygen atoms in total. The first-order valence-electron chi connectivity index (χ1n) is 6.13. The minimum atomic E-state index is -0.142. The van der Waals surface area contributed by atoms with Gasteiger partial charge in [0, 0.05) is 5.69 Å². The standard InChI is InChI=1S/C15H11Br2NO2/c1-8-10-7-9(5-6-13(10)18-15(8)19)20-14-11(16)3-2-4-12(14)17/h2-8H,1H3,(H,18,19). The summed E-state index contributed by atoms with van der Waals surface area (Å²) in [6, 6.07) is 11.4. The molecule has 0 aromatic heterocycles. The van der Waals surface area contributed by atoms with Crippen molar-refractivity contribution in [2.45, 2.75) is 12.8 Å². The van der Waals surface area contributed by atoms with Crippen molar-refractivity contribution < 1.29 is 9.53 Å². The maximum absolute atomic E-state index is 11.6. The molecule has 0 bridgehead atoms. The third-order valence-electron chi connectivity index (χ3n) is 3.28. The molecule has 0 saturated carbocycles. The van der Waals surface area contributed by atoms with E-state index in [1.807, 2.05) is 43.3 Å². The average Bonchev–Trinajstić information content (AvgIpc) is 2.70. The zero-order valence-electron chi connectivity index (χ0n) is 10.6. The van der Waals surface area contributed by atoms with Crippen LogP contribution in [0.1, 0.15) is 18.4 Å². The fraction of sp³-hybridized carbons (Fsp3) is 0.133. The molecule has 1 unspecified atom stereocenters. The smallest absolute Gasteiger partial charge is 0.231 e. The van der Waals surface area contributed by atoms with Crippen LogP contribution in [0.2, 0.25) is 0 Å². The van der Waals surface area contributed by atoms with E-state index in [-0.39, 0.29) is 11.8 Å². The van der Waals surface area contributed by atoms with Gasteiger partial charge in [-0.15, -0.1) is 0 Å². The summed E-state index contributed by atoms with van der Waals surface area (Å²) in [6.45, 7) is 1.89. The van der Waals surface area contributed by atoms with E-state index in [2.05, 4.69) is 37.2 Å². The molecule has 1 aliphatic heterocycles. The lowest BCUT2D eigenvalue weighted by Crippen LogP contribution is -2.08. The number of anilines is 1. The summed E-state index contributed by atoms with van der Waals surface area (Å²) in [4.78, 5) is 11.6. The fourth-order valence-electron chi connectivity index (χ4n) is 2.16. The first-order valence-corrected chi connectivity index (χ1v) is 7.71. The van der Waals surface area contributed by atoms with Crippen LogP contribution >= 0.6 is 31.9 Å². The highest BCUT2D eigenvalue weighted by Crippen LogP contribution is 2.39. The molecule has 2 aromatic rings. The topological polar surface area (TPSA) is 38.3 Å². The Morgan fingerprint density at radius 2 is 1.85 bits per heavy atom. The molecule has 0 spiro atoms. The lowest BCUT2D eigenvalue weighted by Gasteiger charge is -2.11. The maximum Gasteiger partial charge on any atom is 0.231 e. The SMILES string of the molecule is CC1C(=O)Nc2ccc(Oc3c(Br)cccc3Br)cc21. The molecule has 1 N–H and O–H groups in total. The molecule has 1 amide bonds. The first-order chi connectivity index (χ1) is 9.56. The molecule has 1 atom stereocenters. The van der Waals surface area contributed by atoms with Crippen molar-refractivity contribution in [3.63, 3.8) is 0 Å². The van der Waals surface area contributed by atoms with Gasteiger partial charge in [-0.2, -0.15) is 0 Å². The second-order valence-corrected chi connectivity index (χ2v) is 6.32. The number of hydrogen-bond donors (Lipinski definition) is 1. The molecule has 5 heteroatoms. The van der Waals surface area contributed by atoms with E-state index in [0.717, 1.165) is 25.9 Å². The summed E-state index contributed by atoms with van der Waals surface area (Å²) in [7, 11) is 0. The van der Waals surface area contributed by atoms with Crippen molar-refractivity contribution in [2.24, 2.45) is 0 Å². The highest BCUT2D eigenvalue weighted by atomic mass is 79.9. The van der Waals surface area contributed by atoms with E-state index in [4.69, 9.17) is 4.74 Å². The van der Waals surface area contributed by atoms with Crippen molar-refractivity contribution in [3.05, 3.63) is 50.9 Å². The van der Waals surface area contributed by atoms with Gasteiger partial charge in [0.1, 0.15) is 5.75 Å². The fourth-order valence-corrected chi connectivity index (χ4v) is 3.32. The van der Waals surface area contributed by atoms with E-state index in [1.165, 1.54) is 0 Å². The number of ether oxygens (including phenoxy) is 1. The zero-order chi connectivity index (χ0) is 14.3. The van der Waals surface area contributed by atoms with E-state index >= 15 is 0 Å². The summed E-state index contributed by atoms with van der Waals surface area (Å²) in [6.07, 6.45) is 0. The van der Waals surface area contributed by atoms with E-state index in [0.29, 0.717) is 5.75 Å². The third-order valence-corrected chi connectivity index (χ3v) is 4.53. The molecule has 0 radical (unpaired) electrons. The van der Waals surface area contributed by atoms with Crippen molar-refractivity contribution >= 4 is 43.5 Å². The third kappa shape index (κ3) is 2.36. The molecule has 2 aromatic carbocycles. The predicted octanol–water partition coefficient (Wildman–Crippen LogP) is 5.06. The maximum atomic E-state index is 11.6. The number of hydrogen-bond acceptors (Lipinski definition) is 2. The van der Waals surface area contributed by atoms with Crippen LogP contribution in [0.3, 0.4) is 0 Å². The average molecular weight is 397 g/mol. The largest absolute Gasteiger partial charge is 0.455 e. The Balaban J connectivity index is 1.96. The second-order valence-electron chi connectivity index (χ2n) is 4.61. The van der Waals surface area contributed by atoms with Crippen molar-refractivity contribution in [1.82, 2.24) is 0 Å². The van der Waals surface area contributed by atoms with E-state index in [9.17, 15) is 4.79 Å². The molecule has 102 valence electrons. The number of carbonyl (C=O) groups is 1. The molecule has 1 heterocycles. The van der Waals surface area contributed by atoms with Crippen LogP contribution in [0.25, 0.3) is 0 Å². The minimum Gasteiger partial charge on any atom is -0.455 e. The minimum absolute atomic E-state index is 0.0271. The lowest BCUT2D eigenvalue weighted by molar-refractivity contribution is -0.116. The second kappa shape index (κ2) is 5.22. The number of rotatable bonds is 2. The van der Waals surface area contributed by atoms with Gasteiger partial charge in [0.15, 0.2) is 5.75 Å². The summed E-state index contributed by atoms with van der Waals surface area (Å²) >= 11 is 6.93. The molecule has 3 rings (SSSR count). The van der Waals surface area contributed by atoms with Crippen LogP contribution in [0.5, 0.6) is 11.5 Å². The van der Waals surface area contributed by atoms with Gasteiger partial charge in [-0.05, 0) is 74.7 Å². The van der Waals surface area contributed by atoms with Gasteiger partial charge in [0.2, 0.25) is 5.91 Å². The first kappa shape index (κ1) is 13.6. The number of benzene rings is 2. The van der Waals surface area contributed by atoms with Crippen LogP contribution in [0.15, 0.2) is 45.3 Å². The van der Waals surface area contributed by atoms with Gasteiger partial charge in [-0.25, -0.2) is 0 Å². The number of fused-ring (bicyclic) bond motifs is 1. The Kier molecular flexibility index (Phi) is 3.56. The highest BCUT2D eigenvalue weighted by molar-refractivity contribution is 9.11. The van der Waals surface area contributed by atoms with Crippen molar-refractivity contribution in [3.8, 4) is 11.5 Å². The number of para-hydroxylation sites is 1. The monoisotopic (exact) mass is 395 g/mol. The van der Waals surface area contributed by atoms with Crippen molar-refractivity contribution in [2.75, 3.05) is 5.32 Å². The van der Waals surface area contributed by atoms with Gasteiger partial charge < -0.3 is 10.1 Å². The molecular weight excluding hydrogens is 386 g/mol. The van der Waals surface area contributed by atoms with E-state index < -0.39 is 0 Å². The Morgan fingerprint density at radius 3 is 2.55 bits per heavy atom. The lowest BCUT2D eigenvalue weighted by atomic mass is 10.0. The molecule has 0 aliphatic carbocycles. The quantitative estimate of drug-likeness (QED) is 0.770. The normalized spacial score (nSPS) is 16.8. The Labute approximate surface area is 133 Å². The Bertz CT molecular complexity index is 680. The summed E-state index contributed by atoms with van der Waals surface area (Å²) in [5, 5.41) is 2.85. The number of nitrogens with one attached hydrogen (secondary N) is 1. The van der Waals surface area contributed by atoms with Gasteiger partial charge >= 0.3 is 0 Å². The van der Waals surface area contributed by atoms with E-state index in [1.54, 1.807) is 0 Å². The van der Waals surface area contributed by atoms with Gasteiger partial charge in [-0.1, -0.05) is 6.07 Å². The number of halogens is 2. The number of carbonyl (C=O) groups excluding carboxylic acids is 1. The number of amides is 1. The van der Waals surface area contributed by atoms with Crippen LogP contribution in [-0.4, -0.2) is 5.91 Å². The van der Waals surface area contributed by atoms with Crippen molar-refractivity contribution in [1.29, 1.82) is 0 Å². The van der Waals surface area contributed by atoms with Gasteiger partial charge in [-0.3, -0.25) is 4.79 Å². The molecule has 20 heavy (non-hydrogen) atoms. The van der Waals surface area contributed by atoms with Crippen LogP contribution < -0.4 is 10.1 Å². The van der Waals surface area contributed by atoms with Gasteiger partial charge in [0.05, 0.1) is 14.9 Å². The molecule has 1 aliphatic rings. The van der Waals surface area contributed by atoms with Gasteiger partial charge in [0.25, 0.3) is 0 Å². The zero-order valence-corrected chi connectivity index (χ0v) is 13.8.